The average molecular weight is 284 g/mol. The van der Waals surface area contributed by atoms with Crippen molar-refractivity contribution in [3.8, 4) is 0 Å². The first-order chi connectivity index (χ1) is 9.57. The van der Waals surface area contributed by atoms with Crippen LogP contribution in [-0.2, 0) is 4.79 Å². The van der Waals surface area contributed by atoms with E-state index in [-0.39, 0.29) is 5.96 Å². The van der Waals surface area contributed by atoms with Crippen molar-refractivity contribution in [1.29, 1.82) is 0 Å². The highest BCUT2D eigenvalue weighted by molar-refractivity contribution is 5.80. The fourth-order valence-corrected chi connectivity index (χ4v) is 2.24. The predicted octanol–water partition coefficient (Wildman–Crippen LogP) is 1.69. The van der Waals surface area contributed by atoms with Crippen LogP contribution < -0.4 is 16.6 Å². The van der Waals surface area contributed by atoms with E-state index < -0.39 is 12.0 Å². The molecule has 0 aliphatic rings. The van der Waals surface area contributed by atoms with Gasteiger partial charge in [0, 0.05) is 0 Å². The quantitative estimate of drug-likeness (QED) is 0.305. The van der Waals surface area contributed by atoms with Crippen LogP contribution in [0.3, 0.4) is 0 Å². The first kappa shape index (κ1) is 18.7. The molecule has 0 aliphatic carbocycles. The first-order valence-corrected chi connectivity index (χ1v) is 7.87. The van der Waals surface area contributed by atoms with Crippen LogP contribution in [0.15, 0.2) is 4.99 Å². The molecular formula is C15H30N3O2-. The van der Waals surface area contributed by atoms with Crippen molar-refractivity contribution in [2.75, 3.05) is 0 Å². The van der Waals surface area contributed by atoms with E-state index in [2.05, 4.69) is 11.9 Å². The summed E-state index contributed by atoms with van der Waals surface area (Å²) >= 11 is 0. The molecular weight excluding hydrogens is 254 g/mol. The molecule has 0 saturated carbocycles. The molecule has 4 N–H and O–H groups in total. The maximum Gasteiger partial charge on any atom is 0.186 e. The van der Waals surface area contributed by atoms with Crippen LogP contribution in [0.2, 0.25) is 0 Å². The van der Waals surface area contributed by atoms with E-state index >= 15 is 0 Å². The smallest absolute Gasteiger partial charge is 0.186 e. The van der Waals surface area contributed by atoms with Crippen LogP contribution in [0.4, 0.5) is 0 Å². The SMILES string of the molecule is CCCCCCCCCCCCC(N=C(N)N)C(=O)[O-]. The Balaban J connectivity index is 3.46. The van der Waals surface area contributed by atoms with Gasteiger partial charge in [-0.1, -0.05) is 71.1 Å². The van der Waals surface area contributed by atoms with Gasteiger partial charge in [-0.25, -0.2) is 4.99 Å². The lowest BCUT2D eigenvalue weighted by molar-refractivity contribution is -0.307. The van der Waals surface area contributed by atoms with Crippen LogP contribution in [0.25, 0.3) is 0 Å². The second-order valence-corrected chi connectivity index (χ2v) is 5.36. The number of hydrogen-bond acceptors (Lipinski definition) is 3. The fraction of sp³-hybridized carbons (Fsp3) is 0.867. The second kappa shape index (κ2) is 12.8. The second-order valence-electron chi connectivity index (χ2n) is 5.36. The van der Waals surface area contributed by atoms with Crippen molar-refractivity contribution in [3.05, 3.63) is 0 Å². The largest absolute Gasteiger partial charge is 0.548 e. The number of carbonyl (C=O) groups is 1. The van der Waals surface area contributed by atoms with Gasteiger partial charge < -0.3 is 21.4 Å². The molecule has 1 atom stereocenters. The number of rotatable bonds is 13. The Bertz CT molecular complexity index is 276. The standard InChI is InChI=1S/C15H31N3O2/c1-2-3-4-5-6-7-8-9-10-11-12-13(14(19)20)18-15(16)17/h13H,2-12H2,1H3,(H,19,20)(H4,16,17,18)/p-1. The monoisotopic (exact) mass is 284 g/mol. The summed E-state index contributed by atoms with van der Waals surface area (Å²) in [6.07, 6.45) is 12.6. The Morgan fingerprint density at radius 1 is 0.950 bits per heavy atom. The molecule has 0 radical (unpaired) electrons. The van der Waals surface area contributed by atoms with Crippen LogP contribution in [-0.4, -0.2) is 18.0 Å². The zero-order chi connectivity index (χ0) is 15.2. The number of unbranched alkanes of at least 4 members (excludes halogenated alkanes) is 9. The Hall–Kier alpha value is -1.26. The molecule has 0 saturated heterocycles. The van der Waals surface area contributed by atoms with Gasteiger partial charge in [-0.15, -0.1) is 0 Å². The molecule has 0 aromatic heterocycles. The number of aliphatic carboxylic acids is 1. The molecule has 5 heteroatoms. The lowest BCUT2D eigenvalue weighted by Crippen LogP contribution is -2.37. The zero-order valence-electron chi connectivity index (χ0n) is 12.8. The number of nitrogens with two attached hydrogens (primary N) is 2. The van der Waals surface area contributed by atoms with Gasteiger partial charge in [0.05, 0.1) is 12.0 Å². The van der Waals surface area contributed by atoms with Crippen molar-refractivity contribution in [3.63, 3.8) is 0 Å². The topological polar surface area (TPSA) is 105 Å². The van der Waals surface area contributed by atoms with Gasteiger partial charge in [-0.05, 0) is 6.42 Å². The Kier molecular flexibility index (Phi) is 12.0. The molecule has 5 nitrogen and oxygen atoms in total. The summed E-state index contributed by atoms with van der Waals surface area (Å²) in [4.78, 5) is 14.5. The molecule has 1 unspecified atom stereocenters. The predicted molar refractivity (Wildman–Crippen MR) is 81.1 cm³/mol. The molecule has 0 fully saturated rings. The highest BCUT2D eigenvalue weighted by Crippen LogP contribution is 2.12. The van der Waals surface area contributed by atoms with Gasteiger partial charge in [0.2, 0.25) is 0 Å². The number of hydrogen-bond donors (Lipinski definition) is 2. The minimum atomic E-state index is -1.20. The lowest BCUT2D eigenvalue weighted by Gasteiger charge is -2.13. The number of aliphatic imine (C=N–C) groups is 1. The minimum Gasteiger partial charge on any atom is -0.548 e. The van der Waals surface area contributed by atoms with Crippen LogP contribution in [0.1, 0.15) is 77.6 Å². The normalized spacial score (nSPS) is 12.1. The van der Waals surface area contributed by atoms with Crippen molar-refractivity contribution < 1.29 is 9.90 Å². The maximum absolute atomic E-state index is 10.8. The number of carboxylic acids is 1. The minimum absolute atomic E-state index is 0.189. The van der Waals surface area contributed by atoms with Crippen molar-refractivity contribution >= 4 is 11.9 Å². The third-order valence-corrected chi connectivity index (χ3v) is 3.41. The zero-order valence-corrected chi connectivity index (χ0v) is 12.8. The van der Waals surface area contributed by atoms with Gasteiger partial charge in [0.15, 0.2) is 5.96 Å². The third kappa shape index (κ3) is 11.8. The van der Waals surface area contributed by atoms with E-state index in [0.29, 0.717) is 6.42 Å². The molecule has 0 rings (SSSR count). The van der Waals surface area contributed by atoms with E-state index in [1.165, 1.54) is 44.9 Å². The van der Waals surface area contributed by atoms with Crippen molar-refractivity contribution in [2.24, 2.45) is 16.5 Å². The van der Waals surface area contributed by atoms with Crippen molar-refractivity contribution in [2.45, 2.75) is 83.6 Å². The molecule has 0 spiro atoms. The number of carbonyl (C=O) groups excluding carboxylic acids is 1. The fourth-order valence-electron chi connectivity index (χ4n) is 2.24. The van der Waals surface area contributed by atoms with Gasteiger partial charge >= 0.3 is 0 Å². The van der Waals surface area contributed by atoms with Gasteiger partial charge in [-0.2, -0.15) is 0 Å². The van der Waals surface area contributed by atoms with E-state index in [1.54, 1.807) is 0 Å². The van der Waals surface area contributed by atoms with Crippen LogP contribution in [0, 0.1) is 0 Å². The molecule has 0 amide bonds. The molecule has 118 valence electrons. The summed E-state index contributed by atoms with van der Waals surface area (Å²) in [6.45, 7) is 2.22. The Labute approximate surface area is 122 Å². The number of carboxylic acid groups (broad SMARTS) is 1. The summed E-state index contributed by atoms with van der Waals surface area (Å²) in [5, 5.41) is 10.8. The van der Waals surface area contributed by atoms with E-state index in [4.69, 9.17) is 11.5 Å². The summed E-state index contributed by atoms with van der Waals surface area (Å²) in [5.74, 6) is -1.39. The van der Waals surface area contributed by atoms with Gasteiger partial charge in [0.25, 0.3) is 0 Å². The molecule has 0 heterocycles. The first-order valence-electron chi connectivity index (χ1n) is 7.87. The summed E-state index contributed by atoms with van der Waals surface area (Å²) < 4.78 is 0. The third-order valence-electron chi connectivity index (χ3n) is 3.41. The lowest BCUT2D eigenvalue weighted by atomic mass is 10.0. The van der Waals surface area contributed by atoms with E-state index in [1.807, 2.05) is 0 Å². The van der Waals surface area contributed by atoms with Crippen molar-refractivity contribution in [1.82, 2.24) is 0 Å². The molecule has 0 aromatic carbocycles. The molecule has 0 aliphatic heterocycles. The Morgan fingerprint density at radius 3 is 1.80 bits per heavy atom. The molecule has 0 bridgehead atoms. The average Bonchev–Trinajstić information content (AvgIpc) is 2.39. The van der Waals surface area contributed by atoms with Crippen LogP contribution >= 0.6 is 0 Å². The van der Waals surface area contributed by atoms with Crippen LogP contribution in [0.5, 0.6) is 0 Å². The van der Waals surface area contributed by atoms with Gasteiger partial charge in [0.1, 0.15) is 0 Å². The summed E-state index contributed by atoms with van der Waals surface area (Å²) in [7, 11) is 0. The van der Waals surface area contributed by atoms with Gasteiger partial charge in [-0.3, -0.25) is 0 Å². The maximum atomic E-state index is 10.8. The van der Waals surface area contributed by atoms with E-state index in [0.717, 1.165) is 19.3 Å². The highest BCUT2D eigenvalue weighted by Gasteiger charge is 2.07. The number of guanidine groups is 1. The van der Waals surface area contributed by atoms with E-state index in [9.17, 15) is 9.90 Å². The number of nitrogens with zero attached hydrogens (tertiary/aromatic N) is 1. The molecule has 20 heavy (non-hydrogen) atoms. The highest BCUT2D eigenvalue weighted by atomic mass is 16.4. The summed E-state index contributed by atoms with van der Waals surface area (Å²) in [6, 6.07) is -0.894. The Morgan fingerprint density at radius 2 is 1.40 bits per heavy atom. The molecule has 0 aromatic rings. The summed E-state index contributed by atoms with van der Waals surface area (Å²) in [5.41, 5.74) is 10.4.